The molecule has 1 aromatic heterocycles. The van der Waals surface area contributed by atoms with Gasteiger partial charge in [-0.2, -0.15) is 0 Å². The Hall–Kier alpha value is -3.08. The average Bonchev–Trinajstić information content (AvgIpc) is 3.04. The SMILES string of the molecule is Cc1cccc(C)c1OCC(=O)O[C@@H](C)C(=O)c1c[nH]c2ccccc12. The van der Waals surface area contributed by atoms with Crippen LogP contribution in [0.2, 0.25) is 0 Å². The van der Waals surface area contributed by atoms with E-state index >= 15 is 0 Å². The van der Waals surface area contributed by atoms with Crippen LogP contribution in [0.15, 0.2) is 48.7 Å². The van der Waals surface area contributed by atoms with E-state index in [2.05, 4.69) is 4.98 Å². The number of nitrogens with one attached hydrogen (secondary N) is 1. The third kappa shape index (κ3) is 3.61. The third-order valence-corrected chi connectivity index (χ3v) is 4.28. The van der Waals surface area contributed by atoms with Gasteiger partial charge in [0.2, 0.25) is 5.78 Å². The Kier molecular flexibility index (Phi) is 5.07. The van der Waals surface area contributed by atoms with E-state index in [0.29, 0.717) is 11.3 Å². The van der Waals surface area contributed by atoms with Crippen LogP contribution in [0.4, 0.5) is 0 Å². The first-order valence-corrected chi connectivity index (χ1v) is 8.46. The van der Waals surface area contributed by atoms with Crippen molar-refractivity contribution < 1.29 is 19.1 Å². The van der Waals surface area contributed by atoms with Crippen molar-refractivity contribution in [1.82, 2.24) is 4.98 Å². The van der Waals surface area contributed by atoms with E-state index < -0.39 is 12.1 Å². The molecule has 26 heavy (non-hydrogen) atoms. The number of Topliss-reactive ketones (excluding diaryl/α,β-unsaturated/α-hetero) is 1. The predicted octanol–water partition coefficient (Wildman–Crippen LogP) is 3.98. The Morgan fingerprint density at radius 1 is 1.04 bits per heavy atom. The standard InChI is InChI=1S/C21H21NO4/c1-13-7-6-8-14(2)21(13)25-12-19(23)26-15(3)20(24)17-11-22-18-10-5-4-9-16(17)18/h4-11,15,22H,12H2,1-3H3/t15-/m0/s1. The van der Waals surface area contributed by atoms with Crippen molar-refractivity contribution >= 4 is 22.7 Å². The molecule has 1 heterocycles. The maximum Gasteiger partial charge on any atom is 0.344 e. The number of para-hydroxylation sites is 2. The molecule has 0 fully saturated rings. The topological polar surface area (TPSA) is 68.4 Å². The number of esters is 1. The minimum absolute atomic E-state index is 0.239. The van der Waals surface area contributed by atoms with E-state index in [1.54, 1.807) is 13.1 Å². The van der Waals surface area contributed by atoms with Crippen LogP contribution in [0.3, 0.4) is 0 Å². The van der Waals surface area contributed by atoms with Crippen molar-refractivity contribution in [3.05, 3.63) is 65.4 Å². The van der Waals surface area contributed by atoms with E-state index in [1.165, 1.54) is 0 Å². The molecule has 0 aliphatic heterocycles. The number of aromatic amines is 1. The molecular formula is C21H21NO4. The zero-order chi connectivity index (χ0) is 18.7. The summed E-state index contributed by atoms with van der Waals surface area (Å²) >= 11 is 0. The second-order valence-corrected chi connectivity index (χ2v) is 6.25. The maximum absolute atomic E-state index is 12.6. The van der Waals surface area contributed by atoms with Gasteiger partial charge in [-0.15, -0.1) is 0 Å². The van der Waals surface area contributed by atoms with Gasteiger partial charge in [0.15, 0.2) is 12.7 Å². The van der Waals surface area contributed by atoms with Crippen molar-refractivity contribution in [2.45, 2.75) is 26.9 Å². The summed E-state index contributed by atoms with van der Waals surface area (Å²) in [6, 6.07) is 13.3. The van der Waals surface area contributed by atoms with Gasteiger partial charge in [0.25, 0.3) is 0 Å². The summed E-state index contributed by atoms with van der Waals surface area (Å²) in [7, 11) is 0. The second-order valence-electron chi connectivity index (χ2n) is 6.25. The molecule has 1 N–H and O–H groups in total. The number of aromatic nitrogens is 1. The molecule has 0 saturated carbocycles. The number of carbonyl (C=O) groups is 2. The summed E-state index contributed by atoms with van der Waals surface area (Å²) < 4.78 is 10.8. The lowest BCUT2D eigenvalue weighted by molar-refractivity contribution is -0.148. The smallest absolute Gasteiger partial charge is 0.344 e. The molecule has 0 unspecified atom stereocenters. The van der Waals surface area contributed by atoms with Gasteiger partial charge < -0.3 is 14.5 Å². The first-order chi connectivity index (χ1) is 12.5. The minimum atomic E-state index is -0.886. The Balaban J connectivity index is 1.63. The van der Waals surface area contributed by atoms with Crippen LogP contribution in [-0.2, 0) is 9.53 Å². The molecule has 134 valence electrons. The highest BCUT2D eigenvalue weighted by atomic mass is 16.6. The van der Waals surface area contributed by atoms with Gasteiger partial charge in [-0.05, 0) is 38.0 Å². The van der Waals surface area contributed by atoms with Crippen LogP contribution in [-0.4, -0.2) is 29.4 Å². The third-order valence-electron chi connectivity index (χ3n) is 4.28. The van der Waals surface area contributed by atoms with Gasteiger partial charge >= 0.3 is 5.97 Å². The maximum atomic E-state index is 12.6. The molecule has 0 spiro atoms. The molecule has 3 aromatic rings. The van der Waals surface area contributed by atoms with Gasteiger partial charge in [-0.25, -0.2) is 4.79 Å². The molecule has 2 aromatic carbocycles. The normalized spacial score (nSPS) is 12.0. The summed E-state index contributed by atoms with van der Waals surface area (Å²) in [5.41, 5.74) is 3.27. The number of aryl methyl sites for hydroxylation is 2. The molecule has 0 bridgehead atoms. The average molecular weight is 351 g/mol. The van der Waals surface area contributed by atoms with E-state index in [-0.39, 0.29) is 12.4 Å². The first-order valence-electron chi connectivity index (χ1n) is 8.46. The van der Waals surface area contributed by atoms with E-state index in [9.17, 15) is 9.59 Å². The van der Waals surface area contributed by atoms with Crippen molar-refractivity contribution in [1.29, 1.82) is 0 Å². The molecule has 0 amide bonds. The molecular weight excluding hydrogens is 330 g/mol. The number of hydrogen-bond donors (Lipinski definition) is 1. The number of hydrogen-bond acceptors (Lipinski definition) is 4. The number of ether oxygens (including phenoxy) is 2. The second kappa shape index (κ2) is 7.44. The lowest BCUT2D eigenvalue weighted by atomic mass is 10.1. The monoisotopic (exact) mass is 351 g/mol. The minimum Gasteiger partial charge on any atom is -0.481 e. The molecule has 0 aliphatic carbocycles. The van der Waals surface area contributed by atoms with E-state index in [0.717, 1.165) is 22.0 Å². The van der Waals surface area contributed by atoms with Gasteiger partial charge in [-0.1, -0.05) is 36.4 Å². The predicted molar refractivity (Wildman–Crippen MR) is 99.6 cm³/mol. The number of carbonyl (C=O) groups excluding carboxylic acids is 2. The highest BCUT2D eigenvalue weighted by molar-refractivity contribution is 6.10. The zero-order valence-electron chi connectivity index (χ0n) is 15.0. The van der Waals surface area contributed by atoms with Crippen LogP contribution < -0.4 is 4.74 Å². The van der Waals surface area contributed by atoms with Crippen LogP contribution in [0, 0.1) is 13.8 Å². The summed E-state index contributed by atoms with van der Waals surface area (Å²) in [6.45, 7) is 5.16. The Bertz CT molecular complexity index is 937. The van der Waals surface area contributed by atoms with Crippen molar-refractivity contribution in [3.63, 3.8) is 0 Å². The Labute approximate surface area is 151 Å². The number of rotatable bonds is 6. The fourth-order valence-electron chi connectivity index (χ4n) is 2.94. The summed E-state index contributed by atoms with van der Waals surface area (Å²) in [5.74, 6) is -0.156. The number of benzene rings is 2. The molecule has 3 rings (SSSR count). The van der Waals surface area contributed by atoms with Gasteiger partial charge in [0.05, 0.1) is 0 Å². The lowest BCUT2D eigenvalue weighted by Gasteiger charge is -2.14. The summed E-state index contributed by atoms with van der Waals surface area (Å²) in [5, 5.41) is 0.812. The van der Waals surface area contributed by atoms with Gasteiger partial charge in [-0.3, -0.25) is 4.79 Å². The van der Waals surface area contributed by atoms with E-state index in [1.807, 2.05) is 56.3 Å². The first kappa shape index (κ1) is 17.7. The molecule has 0 aliphatic rings. The highest BCUT2D eigenvalue weighted by Crippen LogP contribution is 2.23. The van der Waals surface area contributed by atoms with Crippen LogP contribution in [0.1, 0.15) is 28.4 Å². The van der Waals surface area contributed by atoms with Crippen LogP contribution >= 0.6 is 0 Å². The highest BCUT2D eigenvalue weighted by Gasteiger charge is 2.22. The lowest BCUT2D eigenvalue weighted by Crippen LogP contribution is -2.27. The fraction of sp³-hybridized carbons (Fsp3) is 0.238. The molecule has 0 radical (unpaired) electrons. The molecule has 5 heteroatoms. The van der Waals surface area contributed by atoms with Crippen molar-refractivity contribution in [2.24, 2.45) is 0 Å². The Morgan fingerprint density at radius 3 is 2.46 bits per heavy atom. The number of ketones is 1. The summed E-state index contributed by atoms with van der Waals surface area (Å²) in [4.78, 5) is 27.7. The molecule has 0 saturated heterocycles. The molecule has 1 atom stereocenters. The number of H-pyrrole nitrogens is 1. The van der Waals surface area contributed by atoms with Gasteiger partial charge in [0, 0.05) is 22.7 Å². The number of fused-ring (bicyclic) bond motifs is 1. The largest absolute Gasteiger partial charge is 0.481 e. The van der Waals surface area contributed by atoms with Crippen LogP contribution in [0.25, 0.3) is 10.9 Å². The summed E-state index contributed by atoms with van der Waals surface area (Å²) in [6.07, 6.45) is 0.758. The zero-order valence-corrected chi connectivity index (χ0v) is 15.0. The van der Waals surface area contributed by atoms with Gasteiger partial charge in [0.1, 0.15) is 5.75 Å². The Morgan fingerprint density at radius 2 is 1.73 bits per heavy atom. The van der Waals surface area contributed by atoms with Crippen LogP contribution in [0.5, 0.6) is 5.75 Å². The van der Waals surface area contributed by atoms with Crippen molar-refractivity contribution in [2.75, 3.05) is 6.61 Å². The van der Waals surface area contributed by atoms with E-state index in [4.69, 9.17) is 9.47 Å². The quantitative estimate of drug-likeness (QED) is 0.539. The fourth-order valence-corrected chi connectivity index (χ4v) is 2.94. The molecule has 5 nitrogen and oxygen atoms in total. The van der Waals surface area contributed by atoms with Crippen molar-refractivity contribution in [3.8, 4) is 5.75 Å².